The summed E-state index contributed by atoms with van der Waals surface area (Å²) in [5, 5.41) is 3.46. The van der Waals surface area contributed by atoms with Gasteiger partial charge in [-0.1, -0.05) is 26.8 Å². The van der Waals surface area contributed by atoms with Crippen molar-refractivity contribution in [3.05, 3.63) is 28.8 Å². The zero-order valence-corrected chi connectivity index (χ0v) is 13.3. The third-order valence-corrected chi connectivity index (χ3v) is 3.56. The van der Waals surface area contributed by atoms with Crippen molar-refractivity contribution >= 4 is 0 Å². The van der Waals surface area contributed by atoms with Crippen LogP contribution in [-0.4, -0.2) is 19.2 Å². The van der Waals surface area contributed by atoms with Gasteiger partial charge in [-0.25, -0.2) is 0 Å². The second-order valence-electron chi connectivity index (χ2n) is 5.81. The van der Waals surface area contributed by atoms with Crippen LogP contribution < -0.4 is 10.1 Å². The summed E-state index contributed by atoms with van der Waals surface area (Å²) in [5.41, 5.74) is 3.83. The Balaban J connectivity index is 2.78. The SMILES string of the molecule is CCCNCC(Oc1cc(C)cc(C)c1C)C(C)C. The highest BCUT2D eigenvalue weighted by atomic mass is 16.5. The van der Waals surface area contributed by atoms with Crippen molar-refractivity contribution in [2.24, 2.45) is 5.92 Å². The minimum absolute atomic E-state index is 0.228. The van der Waals surface area contributed by atoms with Crippen LogP contribution in [0, 0.1) is 26.7 Å². The van der Waals surface area contributed by atoms with Crippen LogP contribution in [0.25, 0.3) is 0 Å². The van der Waals surface area contributed by atoms with Gasteiger partial charge in [0.15, 0.2) is 0 Å². The maximum absolute atomic E-state index is 6.25. The minimum Gasteiger partial charge on any atom is -0.489 e. The number of benzene rings is 1. The van der Waals surface area contributed by atoms with Crippen molar-refractivity contribution in [1.82, 2.24) is 5.32 Å². The topological polar surface area (TPSA) is 21.3 Å². The monoisotopic (exact) mass is 263 g/mol. The third-order valence-electron chi connectivity index (χ3n) is 3.56. The van der Waals surface area contributed by atoms with Gasteiger partial charge in [0.25, 0.3) is 0 Å². The maximum atomic E-state index is 6.25. The highest BCUT2D eigenvalue weighted by molar-refractivity contribution is 5.42. The van der Waals surface area contributed by atoms with Crippen molar-refractivity contribution in [2.45, 2.75) is 54.1 Å². The molecule has 0 heterocycles. The smallest absolute Gasteiger partial charge is 0.123 e. The van der Waals surface area contributed by atoms with E-state index in [4.69, 9.17) is 4.74 Å². The average molecular weight is 263 g/mol. The first kappa shape index (κ1) is 16.0. The Morgan fingerprint density at radius 3 is 2.42 bits per heavy atom. The second kappa shape index (κ2) is 7.54. The number of hydrogen-bond acceptors (Lipinski definition) is 2. The standard InChI is InChI=1S/C17H29NO/c1-7-8-18-11-17(12(2)3)19-16-10-13(4)9-14(5)15(16)6/h9-10,12,17-18H,7-8,11H2,1-6H3. The first-order chi connectivity index (χ1) is 8.95. The van der Waals surface area contributed by atoms with Crippen LogP contribution in [0.1, 0.15) is 43.9 Å². The van der Waals surface area contributed by atoms with Crippen molar-refractivity contribution in [3.8, 4) is 5.75 Å². The summed E-state index contributed by atoms with van der Waals surface area (Å²) in [5.74, 6) is 1.54. The van der Waals surface area contributed by atoms with E-state index < -0.39 is 0 Å². The lowest BCUT2D eigenvalue weighted by molar-refractivity contribution is 0.148. The molecule has 0 aliphatic heterocycles. The molecule has 1 aromatic carbocycles. The van der Waals surface area contributed by atoms with Gasteiger partial charge in [-0.05, 0) is 62.4 Å². The summed E-state index contributed by atoms with van der Waals surface area (Å²) < 4.78 is 6.25. The van der Waals surface area contributed by atoms with Gasteiger partial charge < -0.3 is 10.1 Å². The summed E-state index contributed by atoms with van der Waals surface area (Å²) in [4.78, 5) is 0. The van der Waals surface area contributed by atoms with Gasteiger partial charge in [0.05, 0.1) is 0 Å². The molecule has 108 valence electrons. The molecule has 0 aliphatic carbocycles. The van der Waals surface area contributed by atoms with E-state index >= 15 is 0 Å². The Bertz CT molecular complexity index is 398. The molecule has 0 aromatic heterocycles. The van der Waals surface area contributed by atoms with Crippen molar-refractivity contribution in [3.63, 3.8) is 0 Å². The van der Waals surface area contributed by atoms with E-state index in [2.05, 4.69) is 59.0 Å². The highest BCUT2D eigenvalue weighted by Crippen LogP contribution is 2.25. The van der Waals surface area contributed by atoms with E-state index in [1.807, 2.05) is 0 Å². The van der Waals surface area contributed by atoms with Crippen LogP contribution in [0.15, 0.2) is 12.1 Å². The molecule has 0 spiro atoms. The summed E-state index contributed by atoms with van der Waals surface area (Å²) in [7, 11) is 0. The molecule has 1 N–H and O–H groups in total. The second-order valence-corrected chi connectivity index (χ2v) is 5.81. The van der Waals surface area contributed by atoms with E-state index in [1.54, 1.807) is 0 Å². The Kier molecular flexibility index (Phi) is 6.36. The molecule has 2 nitrogen and oxygen atoms in total. The first-order valence-corrected chi connectivity index (χ1v) is 7.41. The lowest BCUT2D eigenvalue weighted by Crippen LogP contribution is -2.36. The summed E-state index contributed by atoms with van der Waals surface area (Å²) in [6.45, 7) is 15.0. The molecule has 0 bridgehead atoms. The zero-order chi connectivity index (χ0) is 14.4. The van der Waals surface area contributed by atoms with Gasteiger partial charge in [0, 0.05) is 6.54 Å². The summed E-state index contributed by atoms with van der Waals surface area (Å²) in [6.07, 6.45) is 1.39. The Hall–Kier alpha value is -1.02. The van der Waals surface area contributed by atoms with E-state index in [9.17, 15) is 0 Å². The van der Waals surface area contributed by atoms with Gasteiger partial charge in [0.2, 0.25) is 0 Å². The molecular weight excluding hydrogens is 234 g/mol. The lowest BCUT2D eigenvalue weighted by atomic mass is 10.0. The number of hydrogen-bond donors (Lipinski definition) is 1. The van der Waals surface area contributed by atoms with Crippen LogP contribution >= 0.6 is 0 Å². The van der Waals surface area contributed by atoms with Crippen molar-refractivity contribution in [2.75, 3.05) is 13.1 Å². The van der Waals surface area contributed by atoms with Gasteiger partial charge in [-0.2, -0.15) is 0 Å². The Morgan fingerprint density at radius 2 is 1.84 bits per heavy atom. The fourth-order valence-electron chi connectivity index (χ4n) is 2.12. The quantitative estimate of drug-likeness (QED) is 0.750. The molecule has 0 radical (unpaired) electrons. The molecule has 0 saturated carbocycles. The molecular formula is C17H29NO. The third kappa shape index (κ3) is 4.87. The summed E-state index contributed by atoms with van der Waals surface area (Å²) in [6, 6.07) is 4.36. The summed E-state index contributed by atoms with van der Waals surface area (Å²) >= 11 is 0. The molecule has 1 atom stereocenters. The largest absolute Gasteiger partial charge is 0.489 e. The van der Waals surface area contributed by atoms with E-state index in [0.717, 1.165) is 25.3 Å². The van der Waals surface area contributed by atoms with Crippen LogP contribution in [0.3, 0.4) is 0 Å². The molecule has 0 saturated heterocycles. The predicted molar refractivity (Wildman–Crippen MR) is 83.1 cm³/mol. The Morgan fingerprint density at radius 1 is 1.16 bits per heavy atom. The number of aryl methyl sites for hydroxylation is 2. The van der Waals surface area contributed by atoms with Crippen LogP contribution in [0.5, 0.6) is 5.75 Å². The fourth-order valence-corrected chi connectivity index (χ4v) is 2.12. The van der Waals surface area contributed by atoms with E-state index in [0.29, 0.717) is 5.92 Å². The van der Waals surface area contributed by atoms with Crippen molar-refractivity contribution < 1.29 is 4.74 Å². The molecule has 1 aromatic rings. The van der Waals surface area contributed by atoms with E-state index in [1.165, 1.54) is 16.7 Å². The molecule has 0 amide bonds. The molecule has 1 unspecified atom stereocenters. The normalized spacial score (nSPS) is 12.8. The van der Waals surface area contributed by atoms with Crippen molar-refractivity contribution in [1.29, 1.82) is 0 Å². The minimum atomic E-state index is 0.228. The lowest BCUT2D eigenvalue weighted by Gasteiger charge is -2.25. The van der Waals surface area contributed by atoms with E-state index in [-0.39, 0.29) is 6.10 Å². The molecule has 2 heteroatoms. The zero-order valence-electron chi connectivity index (χ0n) is 13.3. The molecule has 19 heavy (non-hydrogen) atoms. The van der Waals surface area contributed by atoms with Gasteiger partial charge in [-0.15, -0.1) is 0 Å². The molecule has 0 fully saturated rings. The first-order valence-electron chi connectivity index (χ1n) is 7.41. The predicted octanol–water partition coefficient (Wildman–Crippen LogP) is 4.01. The number of ether oxygens (including phenoxy) is 1. The van der Waals surface area contributed by atoms with Crippen LogP contribution in [0.4, 0.5) is 0 Å². The van der Waals surface area contributed by atoms with Crippen LogP contribution in [-0.2, 0) is 0 Å². The Labute approximate surface area is 118 Å². The fraction of sp³-hybridized carbons (Fsp3) is 0.647. The highest BCUT2D eigenvalue weighted by Gasteiger charge is 2.16. The molecule has 0 aliphatic rings. The maximum Gasteiger partial charge on any atom is 0.123 e. The van der Waals surface area contributed by atoms with Gasteiger partial charge >= 0.3 is 0 Å². The number of nitrogens with one attached hydrogen (secondary N) is 1. The van der Waals surface area contributed by atoms with Crippen LogP contribution in [0.2, 0.25) is 0 Å². The number of rotatable bonds is 7. The van der Waals surface area contributed by atoms with Gasteiger partial charge in [0.1, 0.15) is 11.9 Å². The molecule has 1 rings (SSSR count). The average Bonchev–Trinajstić information content (AvgIpc) is 2.33. The van der Waals surface area contributed by atoms with Gasteiger partial charge in [-0.3, -0.25) is 0 Å².